The lowest BCUT2D eigenvalue weighted by Gasteiger charge is -2.29. The van der Waals surface area contributed by atoms with Crippen molar-refractivity contribution in [2.24, 2.45) is 5.92 Å². The molecule has 7 rings (SSSR count). The smallest absolute Gasteiger partial charge is 0.255 e. The maximum absolute atomic E-state index is 13.1. The van der Waals surface area contributed by atoms with Gasteiger partial charge in [-0.25, -0.2) is 9.97 Å². The molecule has 12 heteroatoms. The van der Waals surface area contributed by atoms with E-state index in [9.17, 15) is 14.4 Å². The largest absolute Gasteiger partial charge is 0.489 e. The number of likely N-dealkylation sites (tertiary alicyclic amines) is 1. The summed E-state index contributed by atoms with van der Waals surface area (Å²) in [7, 11) is 1.71. The third-order valence-corrected chi connectivity index (χ3v) is 8.95. The summed E-state index contributed by atoms with van der Waals surface area (Å²) in [6.07, 6.45) is 2.38. The molecular formula is C32H36N6O6. The quantitative estimate of drug-likeness (QED) is 0.382. The Labute approximate surface area is 255 Å². The summed E-state index contributed by atoms with van der Waals surface area (Å²) in [4.78, 5) is 52.6. The SMILES string of the molecule is COC[C@@H]1CN(Cc2ccc3nc(N4CCOCC4)ncc3c2)C[C@H]1Oc1ccc2c(c1)CN([C@H]1CCC(=O)NC1=O)C2=O. The highest BCUT2D eigenvalue weighted by atomic mass is 16.5. The number of aromatic nitrogens is 2. The number of fused-ring (bicyclic) bond motifs is 2. The van der Waals surface area contributed by atoms with Gasteiger partial charge in [0, 0.05) is 75.9 Å². The molecule has 44 heavy (non-hydrogen) atoms. The normalized spacial score (nSPS) is 24.2. The minimum atomic E-state index is -0.639. The zero-order chi connectivity index (χ0) is 30.2. The first-order valence-corrected chi connectivity index (χ1v) is 15.2. The minimum absolute atomic E-state index is 0.0868. The van der Waals surface area contributed by atoms with Gasteiger partial charge in [0.25, 0.3) is 5.91 Å². The van der Waals surface area contributed by atoms with E-state index in [1.165, 1.54) is 5.56 Å². The number of hydrogen-bond acceptors (Lipinski definition) is 10. The fourth-order valence-corrected chi connectivity index (χ4v) is 6.71. The molecule has 3 aromatic rings. The van der Waals surface area contributed by atoms with Gasteiger partial charge in [0.15, 0.2) is 0 Å². The number of ether oxygens (including phenoxy) is 3. The number of nitrogens with one attached hydrogen (secondary N) is 1. The number of carbonyl (C=O) groups excluding carboxylic acids is 3. The molecule has 0 radical (unpaired) electrons. The third-order valence-electron chi connectivity index (χ3n) is 8.95. The number of morpholine rings is 1. The fraction of sp³-hybridized carbons (Fsp3) is 0.469. The number of carbonyl (C=O) groups is 3. The van der Waals surface area contributed by atoms with E-state index < -0.39 is 11.9 Å². The van der Waals surface area contributed by atoms with Gasteiger partial charge in [-0.2, -0.15) is 0 Å². The summed E-state index contributed by atoms with van der Waals surface area (Å²) in [6.45, 7) is 6.21. The van der Waals surface area contributed by atoms with Crippen molar-refractivity contribution in [1.82, 2.24) is 25.1 Å². The average molecular weight is 601 g/mol. The van der Waals surface area contributed by atoms with Crippen LogP contribution in [0.15, 0.2) is 42.6 Å². The number of nitrogens with zero attached hydrogens (tertiary/aromatic N) is 5. The highest BCUT2D eigenvalue weighted by molar-refractivity contribution is 6.05. The lowest BCUT2D eigenvalue weighted by atomic mass is 10.0. The molecule has 4 aliphatic rings. The van der Waals surface area contributed by atoms with Crippen LogP contribution < -0.4 is 15.0 Å². The van der Waals surface area contributed by atoms with Crippen molar-refractivity contribution in [2.45, 2.75) is 38.1 Å². The number of imide groups is 1. The van der Waals surface area contributed by atoms with E-state index in [0.29, 0.717) is 44.1 Å². The van der Waals surface area contributed by atoms with E-state index in [1.807, 2.05) is 18.3 Å². The van der Waals surface area contributed by atoms with Crippen LogP contribution in [0.25, 0.3) is 10.9 Å². The van der Waals surface area contributed by atoms with E-state index in [4.69, 9.17) is 19.2 Å². The van der Waals surface area contributed by atoms with Crippen LogP contribution in [0, 0.1) is 5.92 Å². The standard InChI is InChI=1S/C32H36N6O6/c1-42-19-23-16-36(15-20-2-5-26-21(12-20)14-33-32(34-26)37-8-10-43-11-9-37)18-28(23)44-24-3-4-25-22(13-24)17-38(31(25)41)27-6-7-29(39)35-30(27)40/h2-5,12-14,23,27-28H,6-11,15-19H2,1H3,(H,35,39,40)/t23-,27-,28+/m0/s1. The molecule has 0 bridgehead atoms. The Bertz CT molecular complexity index is 1590. The molecule has 0 saturated carbocycles. The van der Waals surface area contributed by atoms with Crippen molar-refractivity contribution in [3.8, 4) is 5.75 Å². The molecule has 0 aliphatic carbocycles. The Hall–Kier alpha value is -4.13. The van der Waals surface area contributed by atoms with Crippen molar-refractivity contribution in [3.05, 3.63) is 59.3 Å². The van der Waals surface area contributed by atoms with E-state index in [0.717, 1.165) is 55.1 Å². The maximum atomic E-state index is 13.1. The second kappa shape index (κ2) is 12.1. The van der Waals surface area contributed by atoms with Gasteiger partial charge >= 0.3 is 0 Å². The Morgan fingerprint density at radius 2 is 1.93 bits per heavy atom. The molecule has 3 fully saturated rings. The van der Waals surface area contributed by atoms with E-state index in [-0.39, 0.29) is 30.3 Å². The first-order chi connectivity index (χ1) is 21.4. The van der Waals surface area contributed by atoms with E-state index in [2.05, 4.69) is 38.3 Å². The number of amides is 3. The lowest BCUT2D eigenvalue weighted by Crippen LogP contribution is -2.52. The number of hydrogen-bond donors (Lipinski definition) is 1. The summed E-state index contributed by atoms with van der Waals surface area (Å²) in [5.74, 6) is 0.709. The molecule has 2 aromatic carbocycles. The van der Waals surface area contributed by atoms with Crippen molar-refractivity contribution in [1.29, 1.82) is 0 Å². The molecule has 12 nitrogen and oxygen atoms in total. The molecule has 0 unspecified atom stereocenters. The zero-order valence-electron chi connectivity index (χ0n) is 24.7. The Morgan fingerprint density at radius 1 is 1.07 bits per heavy atom. The predicted octanol–water partition coefficient (Wildman–Crippen LogP) is 1.75. The molecule has 3 atom stereocenters. The third kappa shape index (κ3) is 5.72. The first-order valence-electron chi connectivity index (χ1n) is 15.2. The molecule has 1 N–H and O–H groups in total. The first kappa shape index (κ1) is 28.6. The van der Waals surface area contributed by atoms with E-state index in [1.54, 1.807) is 18.1 Å². The lowest BCUT2D eigenvalue weighted by molar-refractivity contribution is -0.136. The van der Waals surface area contributed by atoms with Crippen LogP contribution in [0.2, 0.25) is 0 Å². The average Bonchev–Trinajstić information content (AvgIpc) is 3.56. The van der Waals surface area contributed by atoms with E-state index >= 15 is 0 Å². The zero-order valence-corrected chi connectivity index (χ0v) is 24.7. The number of rotatable bonds is 8. The monoisotopic (exact) mass is 600 g/mol. The molecule has 3 saturated heterocycles. The number of benzene rings is 2. The predicted molar refractivity (Wildman–Crippen MR) is 160 cm³/mol. The second-order valence-corrected chi connectivity index (χ2v) is 11.9. The molecule has 5 heterocycles. The van der Waals surface area contributed by atoms with Gasteiger partial charge < -0.3 is 24.0 Å². The van der Waals surface area contributed by atoms with Crippen LogP contribution in [0.3, 0.4) is 0 Å². The van der Waals surface area contributed by atoms with Gasteiger partial charge in [-0.15, -0.1) is 0 Å². The van der Waals surface area contributed by atoms with Crippen LogP contribution in [0.1, 0.15) is 34.3 Å². The molecule has 3 amide bonds. The molecule has 1 aromatic heterocycles. The Balaban J connectivity index is 1.01. The number of anilines is 1. The summed E-state index contributed by atoms with van der Waals surface area (Å²) in [5.41, 5.74) is 3.50. The van der Waals surface area contributed by atoms with Gasteiger partial charge in [-0.3, -0.25) is 24.6 Å². The highest BCUT2D eigenvalue weighted by Crippen LogP contribution is 2.32. The van der Waals surface area contributed by atoms with Crippen molar-refractivity contribution in [3.63, 3.8) is 0 Å². The van der Waals surface area contributed by atoms with Crippen molar-refractivity contribution in [2.75, 3.05) is 58.0 Å². The Morgan fingerprint density at radius 3 is 2.75 bits per heavy atom. The topological polar surface area (TPSA) is 126 Å². The molecule has 4 aliphatic heterocycles. The van der Waals surface area contributed by atoms with Gasteiger partial charge in [0.2, 0.25) is 17.8 Å². The number of piperidine rings is 1. The van der Waals surface area contributed by atoms with Crippen LogP contribution in [-0.4, -0.2) is 103 Å². The Kier molecular flexibility index (Phi) is 7.87. The van der Waals surface area contributed by atoms with Crippen LogP contribution in [0.5, 0.6) is 5.75 Å². The van der Waals surface area contributed by atoms with Gasteiger partial charge in [-0.05, 0) is 47.9 Å². The van der Waals surface area contributed by atoms with Gasteiger partial charge in [0.05, 0.1) is 25.3 Å². The van der Waals surface area contributed by atoms with Gasteiger partial charge in [-0.1, -0.05) is 6.07 Å². The van der Waals surface area contributed by atoms with Gasteiger partial charge in [0.1, 0.15) is 17.9 Å². The minimum Gasteiger partial charge on any atom is -0.489 e. The van der Waals surface area contributed by atoms with Crippen molar-refractivity contribution >= 4 is 34.6 Å². The fourth-order valence-electron chi connectivity index (χ4n) is 6.71. The summed E-state index contributed by atoms with van der Waals surface area (Å²) in [5, 5.41) is 3.36. The summed E-state index contributed by atoms with van der Waals surface area (Å²) in [6, 6.07) is 11.2. The molecular weight excluding hydrogens is 564 g/mol. The maximum Gasteiger partial charge on any atom is 0.255 e. The van der Waals surface area contributed by atoms with Crippen molar-refractivity contribution < 1.29 is 28.6 Å². The highest BCUT2D eigenvalue weighted by Gasteiger charge is 2.40. The summed E-state index contributed by atoms with van der Waals surface area (Å²) < 4.78 is 17.5. The van der Waals surface area contributed by atoms with Crippen LogP contribution in [-0.2, 0) is 32.2 Å². The second-order valence-electron chi connectivity index (χ2n) is 11.9. The molecule has 230 valence electrons. The van der Waals surface area contributed by atoms with Crippen LogP contribution in [0.4, 0.5) is 5.95 Å². The molecule has 0 spiro atoms. The number of methoxy groups -OCH3 is 1. The van der Waals surface area contributed by atoms with Crippen LogP contribution >= 0.6 is 0 Å². The summed E-state index contributed by atoms with van der Waals surface area (Å²) >= 11 is 0.